The van der Waals surface area contributed by atoms with E-state index in [1.807, 2.05) is 6.92 Å². The summed E-state index contributed by atoms with van der Waals surface area (Å²) in [6.45, 7) is 3.17. The van der Waals surface area contributed by atoms with Gasteiger partial charge in [-0.3, -0.25) is 0 Å². The molecule has 0 saturated carbocycles. The Bertz CT molecular complexity index is 274. The maximum Gasteiger partial charge on any atom is 0.279 e. The SMILES string of the molecule is CC(CBr)NS(=O)(=O)N1CCCCCC1. The van der Waals surface area contributed by atoms with Crippen molar-refractivity contribution < 1.29 is 8.42 Å². The van der Waals surface area contributed by atoms with Gasteiger partial charge in [0.2, 0.25) is 0 Å². The average Bonchev–Trinajstić information content (AvgIpc) is 2.45. The Balaban J connectivity index is 2.58. The average molecular weight is 299 g/mol. The van der Waals surface area contributed by atoms with E-state index in [1.54, 1.807) is 4.31 Å². The molecule has 90 valence electrons. The predicted molar refractivity (Wildman–Crippen MR) is 65.4 cm³/mol. The third-order valence-electron chi connectivity index (χ3n) is 2.49. The van der Waals surface area contributed by atoms with Gasteiger partial charge in [0.15, 0.2) is 0 Å². The molecular formula is C9H19BrN2O2S. The first-order chi connectivity index (χ1) is 7.06. The smallest absolute Gasteiger partial charge is 0.198 e. The fourth-order valence-corrected chi connectivity index (χ4v) is 3.50. The molecule has 1 aliphatic heterocycles. The van der Waals surface area contributed by atoms with Crippen LogP contribution in [-0.2, 0) is 10.2 Å². The molecule has 15 heavy (non-hydrogen) atoms. The third kappa shape index (κ3) is 4.38. The third-order valence-corrected chi connectivity index (χ3v) is 5.20. The summed E-state index contributed by atoms with van der Waals surface area (Å²) < 4.78 is 28.0. The summed E-state index contributed by atoms with van der Waals surface area (Å²) in [5.41, 5.74) is 0. The molecule has 0 amide bonds. The highest BCUT2D eigenvalue weighted by molar-refractivity contribution is 9.09. The summed E-state index contributed by atoms with van der Waals surface area (Å²) >= 11 is 3.26. The summed E-state index contributed by atoms with van der Waals surface area (Å²) in [7, 11) is -3.26. The molecule has 1 fully saturated rings. The number of nitrogens with one attached hydrogen (secondary N) is 1. The van der Waals surface area contributed by atoms with Crippen LogP contribution in [0.3, 0.4) is 0 Å². The maximum atomic E-state index is 11.9. The molecule has 6 heteroatoms. The van der Waals surface area contributed by atoms with Crippen molar-refractivity contribution in [3.05, 3.63) is 0 Å². The molecule has 1 saturated heterocycles. The molecule has 1 heterocycles. The number of halogens is 1. The van der Waals surface area contributed by atoms with Crippen LogP contribution in [0.4, 0.5) is 0 Å². The Morgan fingerprint density at radius 1 is 1.27 bits per heavy atom. The Kier molecular flexibility index (Phi) is 5.52. The van der Waals surface area contributed by atoms with Crippen molar-refractivity contribution >= 4 is 26.1 Å². The van der Waals surface area contributed by atoms with Crippen LogP contribution in [0.5, 0.6) is 0 Å². The Labute approximate surface area is 101 Å². The van der Waals surface area contributed by atoms with Gasteiger partial charge in [0.1, 0.15) is 0 Å². The molecule has 0 aromatic heterocycles. The first kappa shape index (κ1) is 13.4. The summed E-state index contributed by atoms with van der Waals surface area (Å²) in [6.07, 6.45) is 4.23. The van der Waals surface area contributed by atoms with Crippen LogP contribution in [-0.4, -0.2) is 37.2 Å². The van der Waals surface area contributed by atoms with E-state index in [1.165, 1.54) is 0 Å². The van der Waals surface area contributed by atoms with Crippen molar-refractivity contribution in [2.24, 2.45) is 0 Å². The van der Waals surface area contributed by atoms with E-state index in [0.717, 1.165) is 25.7 Å². The van der Waals surface area contributed by atoms with Crippen LogP contribution in [0.25, 0.3) is 0 Å². The van der Waals surface area contributed by atoms with Gasteiger partial charge in [0.25, 0.3) is 10.2 Å². The first-order valence-corrected chi connectivity index (χ1v) is 7.96. The van der Waals surface area contributed by atoms with E-state index in [9.17, 15) is 8.42 Å². The lowest BCUT2D eigenvalue weighted by Crippen LogP contribution is -2.45. The summed E-state index contributed by atoms with van der Waals surface area (Å²) in [6, 6.07) is -0.0572. The van der Waals surface area contributed by atoms with Crippen LogP contribution in [0.15, 0.2) is 0 Å². The summed E-state index contributed by atoms with van der Waals surface area (Å²) in [4.78, 5) is 0. The molecule has 4 nitrogen and oxygen atoms in total. The second kappa shape index (κ2) is 6.18. The summed E-state index contributed by atoms with van der Waals surface area (Å²) in [5.74, 6) is 0. The highest BCUT2D eigenvalue weighted by Gasteiger charge is 2.23. The minimum atomic E-state index is -3.26. The normalized spacial score (nSPS) is 22.3. The molecule has 0 bridgehead atoms. The molecule has 1 unspecified atom stereocenters. The first-order valence-electron chi connectivity index (χ1n) is 5.39. The molecule has 1 rings (SSSR count). The lowest BCUT2D eigenvalue weighted by Gasteiger charge is -2.22. The van der Waals surface area contributed by atoms with Crippen molar-refractivity contribution in [3.8, 4) is 0 Å². The largest absolute Gasteiger partial charge is 0.279 e. The van der Waals surface area contributed by atoms with Gasteiger partial charge in [0, 0.05) is 24.5 Å². The zero-order valence-electron chi connectivity index (χ0n) is 9.08. The zero-order valence-corrected chi connectivity index (χ0v) is 11.5. The van der Waals surface area contributed by atoms with E-state index < -0.39 is 10.2 Å². The van der Waals surface area contributed by atoms with Crippen LogP contribution in [0.1, 0.15) is 32.6 Å². The second-order valence-electron chi connectivity index (χ2n) is 3.99. The minimum absolute atomic E-state index is 0.0572. The second-order valence-corrected chi connectivity index (χ2v) is 6.34. The van der Waals surface area contributed by atoms with Gasteiger partial charge in [-0.15, -0.1) is 0 Å². The Morgan fingerprint density at radius 3 is 2.27 bits per heavy atom. The van der Waals surface area contributed by atoms with E-state index in [2.05, 4.69) is 20.7 Å². The van der Waals surface area contributed by atoms with Crippen LogP contribution in [0.2, 0.25) is 0 Å². The molecule has 1 aliphatic rings. The number of nitrogens with zero attached hydrogens (tertiary/aromatic N) is 1. The topological polar surface area (TPSA) is 49.4 Å². The van der Waals surface area contributed by atoms with E-state index in [4.69, 9.17) is 0 Å². The molecule has 0 aromatic rings. The molecular weight excluding hydrogens is 280 g/mol. The van der Waals surface area contributed by atoms with Gasteiger partial charge >= 0.3 is 0 Å². The standard InChI is InChI=1S/C9H19BrN2O2S/c1-9(8-10)11-15(13,14)12-6-4-2-3-5-7-12/h9,11H,2-8H2,1H3. The van der Waals surface area contributed by atoms with E-state index in [0.29, 0.717) is 18.4 Å². The highest BCUT2D eigenvalue weighted by atomic mass is 79.9. The molecule has 0 aliphatic carbocycles. The summed E-state index contributed by atoms with van der Waals surface area (Å²) in [5, 5.41) is 0.639. The monoisotopic (exact) mass is 298 g/mol. The van der Waals surface area contributed by atoms with E-state index in [-0.39, 0.29) is 6.04 Å². The van der Waals surface area contributed by atoms with E-state index >= 15 is 0 Å². The lowest BCUT2D eigenvalue weighted by atomic mass is 10.2. The molecule has 0 aromatic carbocycles. The Morgan fingerprint density at radius 2 is 1.80 bits per heavy atom. The number of hydrogen-bond acceptors (Lipinski definition) is 2. The van der Waals surface area contributed by atoms with Gasteiger partial charge < -0.3 is 0 Å². The van der Waals surface area contributed by atoms with Crippen LogP contribution < -0.4 is 4.72 Å². The Hall–Kier alpha value is 0.350. The number of alkyl halides is 1. The van der Waals surface area contributed by atoms with Crippen LogP contribution in [0, 0.1) is 0 Å². The van der Waals surface area contributed by atoms with Gasteiger partial charge in [-0.25, -0.2) is 0 Å². The van der Waals surface area contributed by atoms with Gasteiger partial charge in [0.05, 0.1) is 0 Å². The highest BCUT2D eigenvalue weighted by Crippen LogP contribution is 2.12. The van der Waals surface area contributed by atoms with Crippen molar-refractivity contribution in [1.29, 1.82) is 0 Å². The predicted octanol–water partition coefficient (Wildman–Crippen LogP) is 1.48. The minimum Gasteiger partial charge on any atom is -0.198 e. The number of rotatable bonds is 4. The van der Waals surface area contributed by atoms with Gasteiger partial charge in [-0.05, 0) is 19.8 Å². The number of hydrogen-bond donors (Lipinski definition) is 1. The van der Waals surface area contributed by atoms with Crippen molar-refractivity contribution in [3.63, 3.8) is 0 Å². The van der Waals surface area contributed by atoms with Crippen molar-refractivity contribution in [2.75, 3.05) is 18.4 Å². The molecule has 1 atom stereocenters. The maximum absolute atomic E-state index is 11.9. The fraction of sp³-hybridized carbons (Fsp3) is 1.00. The zero-order chi connectivity index (χ0) is 11.3. The molecule has 0 radical (unpaired) electrons. The van der Waals surface area contributed by atoms with Gasteiger partial charge in [-0.1, -0.05) is 28.8 Å². The molecule has 0 spiro atoms. The van der Waals surface area contributed by atoms with Crippen molar-refractivity contribution in [2.45, 2.75) is 38.6 Å². The fourth-order valence-electron chi connectivity index (χ4n) is 1.64. The lowest BCUT2D eigenvalue weighted by molar-refractivity contribution is 0.411. The molecule has 1 N–H and O–H groups in total. The van der Waals surface area contributed by atoms with Crippen molar-refractivity contribution in [1.82, 2.24) is 9.03 Å². The quantitative estimate of drug-likeness (QED) is 0.799. The van der Waals surface area contributed by atoms with Crippen LogP contribution >= 0.6 is 15.9 Å². The van der Waals surface area contributed by atoms with Gasteiger partial charge in [-0.2, -0.15) is 17.4 Å².